The number of carbonyl (C=O) groups excluding carboxylic acids is 1. The lowest BCUT2D eigenvalue weighted by Crippen LogP contribution is -2.21. The summed E-state index contributed by atoms with van der Waals surface area (Å²) in [5, 5.41) is 9.88. The highest BCUT2D eigenvalue weighted by Crippen LogP contribution is 2.29. The molecule has 0 spiro atoms. The molecule has 0 atom stereocenters. The Morgan fingerprint density at radius 3 is 2.85 bits per heavy atom. The largest absolute Gasteiger partial charge is 0.326 e. The molecule has 1 aromatic heterocycles. The standard InChI is InChI=1S/C21H25N3O2S/c1-14(2)13-27-11-10-19(25)22-16-7-5-6-15(12-16)20-17-8-3-4-9-18(17)21(26)24-23-20/h5-7,12H,1,3-4,8-11,13H2,2H3,(H,22,25)(H,24,26). The van der Waals surface area contributed by atoms with E-state index < -0.39 is 0 Å². The van der Waals surface area contributed by atoms with Crippen molar-refractivity contribution in [2.75, 3.05) is 16.8 Å². The van der Waals surface area contributed by atoms with Crippen molar-refractivity contribution in [1.29, 1.82) is 0 Å². The average Bonchev–Trinajstić information content (AvgIpc) is 2.66. The van der Waals surface area contributed by atoms with E-state index in [1.165, 1.54) is 0 Å². The maximum atomic E-state index is 12.2. The quantitative estimate of drug-likeness (QED) is 0.561. The summed E-state index contributed by atoms with van der Waals surface area (Å²) in [5.74, 6) is 1.65. The van der Waals surface area contributed by atoms with Gasteiger partial charge < -0.3 is 5.32 Å². The van der Waals surface area contributed by atoms with Gasteiger partial charge in [-0.25, -0.2) is 5.10 Å². The number of nitrogens with zero attached hydrogens (tertiary/aromatic N) is 1. The van der Waals surface area contributed by atoms with Crippen molar-refractivity contribution in [3.05, 3.63) is 57.9 Å². The second kappa shape index (κ2) is 9.04. The summed E-state index contributed by atoms with van der Waals surface area (Å²) < 4.78 is 0. The molecule has 6 heteroatoms. The zero-order chi connectivity index (χ0) is 19.2. The van der Waals surface area contributed by atoms with Crippen LogP contribution >= 0.6 is 11.8 Å². The summed E-state index contributed by atoms with van der Waals surface area (Å²) >= 11 is 1.71. The molecule has 5 nitrogen and oxygen atoms in total. The molecule has 142 valence electrons. The summed E-state index contributed by atoms with van der Waals surface area (Å²) in [7, 11) is 0. The minimum Gasteiger partial charge on any atom is -0.326 e. The fourth-order valence-electron chi connectivity index (χ4n) is 3.28. The molecule has 2 aromatic rings. The molecule has 0 aliphatic heterocycles. The van der Waals surface area contributed by atoms with Crippen LogP contribution in [-0.2, 0) is 17.6 Å². The van der Waals surface area contributed by atoms with E-state index in [0.29, 0.717) is 6.42 Å². The van der Waals surface area contributed by atoms with Gasteiger partial charge in [-0.1, -0.05) is 24.3 Å². The summed E-state index contributed by atoms with van der Waals surface area (Å²) in [4.78, 5) is 24.2. The number of amides is 1. The van der Waals surface area contributed by atoms with Crippen LogP contribution in [0.5, 0.6) is 0 Å². The summed E-state index contributed by atoms with van der Waals surface area (Å²) in [6.07, 6.45) is 4.26. The molecule has 3 rings (SSSR count). The second-order valence-electron chi connectivity index (χ2n) is 6.95. The van der Waals surface area contributed by atoms with E-state index in [1.807, 2.05) is 31.2 Å². The van der Waals surface area contributed by atoms with Gasteiger partial charge in [0.1, 0.15) is 0 Å². The Kier molecular flexibility index (Phi) is 6.50. The Morgan fingerprint density at radius 1 is 1.30 bits per heavy atom. The lowest BCUT2D eigenvalue weighted by molar-refractivity contribution is -0.115. The molecule has 1 aliphatic rings. The number of benzene rings is 1. The van der Waals surface area contributed by atoms with E-state index >= 15 is 0 Å². The van der Waals surface area contributed by atoms with E-state index in [0.717, 1.165) is 70.8 Å². The van der Waals surface area contributed by atoms with Gasteiger partial charge in [0.25, 0.3) is 5.56 Å². The SMILES string of the molecule is C=C(C)CSCCC(=O)Nc1cccc(-c2n[nH]c(=O)c3c2CCCC3)c1. The topological polar surface area (TPSA) is 74.8 Å². The van der Waals surface area contributed by atoms with Gasteiger partial charge in [0, 0.05) is 34.7 Å². The third-order valence-electron chi connectivity index (χ3n) is 4.54. The van der Waals surface area contributed by atoms with Gasteiger partial charge in [-0.2, -0.15) is 16.9 Å². The van der Waals surface area contributed by atoms with E-state index in [2.05, 4.69) is 22.1 Å². The van der Waals surface area contributed by atoms with Crippen molar-refractivity contribution in [2.45, 2.75) is 39.0 Å². The molecule has 0 saturated carbocycles. The number of hydrogen-bond donors (Lipinski definition) is 2. The molecule has 0 unspecified atom stereocenters. The van der Waals surface area contributed by atoms with Crippen LogP contribution in [0.1, 0.15) is 37.3 Å². The van der Waals surface area contributed by atoms with Crippen LogP contribution in [0.4, 0.5) is 5.69 Å². The van der Waals surface area contributed by atoms with Crippen molar-refractivity contribution in [2.24, 2.45) is 0 Å². The Balaban J connectivity index is 1.72. The molecule has 1 aliphatic carbocycles. The molecule has 27 heavy (non-hydrogen) atoms. The first-order valence-electron chi connectivity index (χ1n) is 9.27. The third kappa shape index (κ3) is 5.10. The van der Waals surface area contributed by atoms with Gasteiger partial charge in [0.05, 0.1) is 5.69 Å². The minimum absolute atomic E-state index is 0.00202. The van der Waals surface area contributed by atoms with Crippen LogP contribution in [0.2, 0.25) is 0 Å². The molecule has 0 fully saturated rings. The number of anilines is 1. The van der Waals surface area contributed by atoms with Crippen LogP contribution in [-0.4, -0.2) is 27.6 Å². The van der Waals surface area contributed by atoms with Crippen molar-refractivity contribution in [3.63, 3.8) is 0 Å². The Morgan fingerprint density at radius 2 is 2.07 bits per heavy atom. The van der Waals surface area contributed by atoms with E-state index in [9.17, 15) is 9.59 Å². The van der Waals surface area contributed by atoms with Crippen molar-refractivity contribution in [1.82, 2.24) is 10.2 Å². The summed E-state index contributed by atoms with van der Waals surface area (Å²) in [6.45, 7) is 5.85. The summed E-state index contributed by atoms with van der Waals surface area (Å²) in [5.41, 5.74) is 5.42. The van der Waals surface area contributed by atoms with E-state index in [4.69, 9.17) is 0 Å². The predicted octanol–water partition coefficient (Wildman–Crippen LogP) is 3.95. The molecule has 1 aromatic carbocycles. The Bertz CT molecular complexity index is 905. The number of carbonyl (C=O) groups is 1. The predicted molar refractivity (Wildman–Crippen MR) is 112 cm³/mol. The molecule has 2 N–H and O–H groups in total. The normalized spacial score (nSPS) is 13.1. The lowest BCUT2D eigenvalue weighted by atomic mass is 9.90. The van der Waals surface area contributed by atoms with E-state index in [1.54, 1.807) is 11.8 Å². The van der Waals surface area contributed by atoms with Crippen molar-refractivity contribution in [3.8, 4) is 11.3 Å². The van der Waals surface area contributed by atoms with Crippen molar-refractivity contribution >= 4 is 23.4 Å². The fourth-order valence-corrected chi connectivity index (χ4v) is 4.10. The van der Waals surface area contributed by atoms with Gasteiger partial charge in [-0.05, 0) is 50.3 Å². The average molecular weight is 384 g/mol. The van der Waals surface area contributed by atoms with E-state index in [-0.39, 0.29) is 11.5 Å². The number of aromatic nitrogens is 2. The first-order valence-corrected chi connectivity index (χ1v) is 10.4. The number of thioether (sulfide) groups is 1. The maximum Gasteiger partial charge on any atom is 0.267 e. The van der Waals surface area contributed by atoms with Crippen LogP contribution in [0.15, 0.2) is 41.2 Å². The second-order valence-corrected chi connectivity index (χ2v) is 8.06. The minimum atomic E-state index is -0.0785. The Hall–Kier alpha value is -2.34. The highest BCUT2D eigenvalue weighted by molar-refractivity contribution is 7.99. The third-order valence-corrected chi connectivity index (χ3v) is 5.73. The summed E-state index contributed by atoms with van der Waals surface area (Å²) in [6, 6.07) is 7.67. The first kappa shape index (κ1) is 19.4. The number of nitrogens with one attached hydrogen (secondary N) is 2. The van der Waals surface area contributed by atoms with Crippen LogP contribution in [0.3, 0.4) is 0 Å². The van der Waals surface area contributed by atoms with Gasteiger partial charge >= 0.3 is 0 Å². The van der Waals surface area contributed by atoms with Crippen molar-refractivity contribution < 1.29 is 4.79 Å². The van der Waals surface area contributed by atoms with Gasteiger partial charge in [-0.15, -0.1) is 0 Å². The molecular formula is C21H25N3O2S. The number of rotatable bonds is 7. The zero-order valence-electron chi connectivity index (χ0n) is 15.6. The van der Waals surface area contributed by atoms with Crippen LogP contribution in [0, 0.1) is 0 Å². The molecule has 0 bridgehead atoms. The number of H-pyrrole nitrogens is 1. The van der Waals surface area contributed by atoms with Gasteiger partial charge in [-0.3, -0.25) is 9.59 Å². The van der Waals surface area contributed by atoms with Crippen LogP contribution in [0.25, 0.3) is 11.3 Å². The van der Waals surface area contributed by atoms with Crippen LogP contribution < -0.4 is 10.9 Å². The number of fused-ring (bicyclic) bond motifs is 1. The smallest absolute Gasteiger partial charge is 0.267 e. The molecule has 0 radical (unpaired) electrons. The fraction of sp³-hybridized carbons (Fsp3) is 0.381. The molecular weight excluding hydrogens is 358 g/mol. The molecule has 1 heterocycles. The lowest BCUT2D eigenvalue weighted by Gasteiger charge is -2.17. The maximum absolute atomic E-state index is 12.2. The van der Waals surface area contributed by atoms with Gasteiger partial charge in [0.2, 0.25) is 5.91 Å². The number of aromatic amines is 1. The molecule has 0 saturated heterocycles. The Labute approximate surface area is 163 Å². The molecule has 1 amide bonds. The highest BCUT2D eigenvalue weighted by atomic mass is 32.2. The zero-order valence-corrected chi connectivity index (χ0v) is 16.5. The monoisotopic (exact) mass is 383 g/mol. The first-order chi connectivity index (χ1) is 13.0. The number of hydrogen-bond acceptors (Lipinski definition) is 4. The van der Waals surface area contributed by atoms with Gasteiger partial charge in [0.15, 0.2) is 0 Å². The highest BCUT2D eigenvalue weighted by Gasteiger charge is 2.19.